The Morgan fingerprint density at radius 2 is 1.62 bits per heavy atom. The monoisotopic (exact) mass is 394 g/mol. The number of hydrogen-bond donors (Lipinski definition) is 0. The summed E-state index contributed by atoms with van der Waals surface area (Å²) < 4.78 is 0. The second-order valence-corrected chi connectivity index (χ2v) is 2.85. The first-order chi connectivity index (χ1) is 6.80. The summed E-state index contributed by atoms with van der Waals surface area (Å²) in [7, 11) is 1.86. The Kier molecular flexibility index (Phi) is 21.3. The van der Waals surface area contributed by atoms with Gasteiger partial charge in [0.2, 0.25) is 0 Å². The summed E-state index contributed by atoms with van der Waals surface area (Å²) in [6, 6.07) is 16.3. The van der Waals surface area contributed by atoms with E-state index in [1.54, 1.807) is 0 Å². The topological polar surface area (TPSA) is 0 Å². The third-order valence-corrected chi connectivity index (χ3v) is 1.87. The van der Waals surface area contributed by atoms with E-state index in [2.05, 4.69) is 32.0 Å². The van der Waals surface area contributed by atoms with E-state index in [1.807, 2.05) is 57.1 Å². The Bertz CT molecular complexity index is 284. The Morgan fingerprint density at radius 3 is 1.75 bits per heavy atom. The maximum Gasteiger partial charge on any atom is -0.172 e. The molecule has 2 aromatic rings. The van der Waals surface area contributed by atoms with Crippen molar-refractivity contribution < 1.29 is 53.1 Å². The van der Waals surface area contributed by atoms with Crippen LogP contribution >= 0.6 is 0 Å². The van der Waals surface area contributed by atoms with Crippen molar-refractivity contribution in [3.05, 3.63) is 59.7 Å². The fourth-order valence-corrected chi connectivity index (χ4v) is 0.920. The summed E-state index contributed by atoms with van der Waals surface area (Å²) >= 11 is 2.03. The minimum absolute atomic E-state index is 0. The van der Waals surface area contributed by atoms with Crippen LogP contribution in [0.5, 0.6) is 0 Å². The summed E-state index contributed by atoms with van der Waals surface area (Å²) in [5.74, 6) is 0. The largest absolute Gasteiger partial charge is 0.214 e. The van der Waals surface area contributed by atoms with Crippen LogP contribution in [0.1, 0.15) is 11.1 Å². The van der Waals surface area contributed by atoms with E-state index in [1.165, 1.54) is 11.1 Å². The Balaban J connectivity index is -0.000000169. The maximum absolute atomic E-state index is 2.12. The molecule has 2 aromatic carbocycles. The minimum Gasteiger partial charge on any atom is -0.214 e. The van der Waals surface area contributed by atoms with Gasteiger partial charge in [-0.3, -0.25) is 0 Å². The van der Waals surface area contributed by atoms with Gasteiger partial charge in [-0.05, 0) is 0 Å². The summed E-state index contributed by atoms with van der Waals surface area (Å²) in [4.78, 5) is 0. The normalized spacial score (nSPS) is 7.00. The molecule has 0 saturated carbocycles. The molecular weight excluding hydrogens is 380 g/mol. The quantitative estimate of drug-likeness (QED) is 0.321. The van der Waals surface area contributed by atoms with E-state index in [4.69, 9.17) is 0 Å². The molecule has 0 bridgehead atoms. The predicted molar refractivity (Wildman–Crippen MR) is 62.1 cm³/mol. The van der Waals surface area contributed by atoms with Gasteiger partial charge in [0.1, 0.15) is 0 Å². The van der Waals surface area contributed by atoms with Crippen LogP contribution in [0.3, 0.4) is 0 Å². The molecule has 0 amide bonds. The second-order valence-electron chi connectivity index (χ2n) is 2.85. The van der Waals surface area contributed by atoms with E-state index in [0.717, 1.165) is 0 Å². The third kappa shape index (κ3) is 11.1. The molecule has 16 heavy (non-hydrogen) atoms. The van der Waals surface area contributed by atoms with Crippen LogP contribution in [0.2, 0.25) is 0 Å². The molecule has 0 aliphatic carbocycles. The van der Waals surface area contributed by atoms with Crippen molar-refractivity contribution in [2.45, 2.75) is 13.8 Å². The molecule has 88 valence electrons. The molecule has 0 aliphatic rings. The summed E-state index contributed by atoms with van der Waals surface area (Å²) in [6.45, 7) is 4.24. The number of rotatable bonds is 0. The fraction of sp³-hybridized carbons (Fsp3) is 0.167. The molecule has 0 nitrogen and oxygen atoms in total. The molecule has 0 radical (unpaired) electrons. The van der Waals surface area contributed by atoms with Gasteiger partial charge in [-0.1, -0.05) is 13.8 Å². The van der Waals surface area contributed by atoms with Gasteiger partial charge in [-0.2, -0.15) is 35.4 Å². The summed E-state index contributed by atoms with van der Waals surface area (Å²) in [6.07, 6.45) is 0. The molecule has 0 spiro atoms. The molecule has 0 aromatic heterocycles. The molecule has 0 heterocycles. The van der Waals surface area contributed by atoms with Gasteiger partial charge in [-0.15, -0.1) is 0 Å². The molecule has 2 rings (SSSR count). The Hall–Kier alpha value is 0.591. The van der Waals surface area contributed by atoms with Gasteiger partial charge in [0.25, 0.3) is 0 Å². The molecule has 0 unspecified atom stereocenters. The van der Waals surface area contributed by atoms with Crippen LogP contribution in [0.15, 0.2) is 48.5 Å². The van der Waals surface area contributed by atoms with Gasteiger partial charge in [0.15, 0.2) is 0 Å². The standard InChI is InChI=1S/C7H9.C5H5.2BrH.H2Si.Ti/c1-6-4-3-5-7(6)2;1-2-4-5-3-1;;;;/h3-5H,1-2H3;1-5H;2*1H;1H2;/q2*-1;;;;+2/p-2. The minimum atomic E-state index is 0. The molecule has 4 heteroatoms. The van der Waals surface area contributed by atoms with Gasteiger partial charge in [-0.25, -0.2) is 24.3 Å². The van der Waals surface area contributed by atoms with Crippen molar-refractivity contribution in [1.29, 1.82) is 0 Å². The SMILES string of the molecule is Cc1ccc[c-]1C.[Br-].[Br-].[SiH2]=[Ti+2].c1cc[cH-]c1. The first kappa shape index (κ1) is 21.8. The molecule has 0 fully saturated rings. The van der Waals surface area contributed by atoms with E-state index in [-0.39, 0.29) is 34.0 Å². The molecule has 0 atom stereocenters. The Labute approximate surface area is 133 Å². The van der Waals surface area contributed by atoms with Crippen molar-refractivity contribution in [3.8, 4) is 0 Å². The van der Waals surface area contributed by atoms with Crippen molar-refractivity contribution in [3.63, 3.8) is 0 Å². The zero-order valence-corrected chi connectivity index (χ0v) is 15.7. The zero-order valence-electron chi connectivity index (χ0n) is 9.58. The first-order valence-corrected chi connectivity index (χ1v) is 8.53. The average molecular weight is 396 g/mol. The van der Waals surface area contributed by atoms with E-state index >= 15 is 0 Å². The van der Waals surface area contributed by atoms with Crippen LogP contribution in [0.4, 0.5) is 0 Å². The van der Waals surface area contributed by atoms with Crippen molar-refractivity contribution >= 4 is 7.63 Å². The van der Waals surface area contributed by atoms with Gasteiger partial charge >= 0.3 is 26.8 Å². The number of halogens is 2. The van der Waals surface area contributed by atoms with Crippen molar-refractivity contribution in [2.75, 3.05) is 0 Å². The zero-order chi connectivity index (χ0) is 10.8. The van der Waals surface area contributed by atoms with Crippen molar-refractivity contribution in [2.24, 2.45) is 0 Å². The predicted octanol–water partition coefficient (Wildman–Crippen LogP) is -3.48. The fourth-order valence-electron chi connectivity index (χ4n) is 0.920. The molecule has 0 N–H and O–H groups in total. The maximum atomic E-state index is 2.12. The van der Waals surface area contributed by atoms with Crippen LogP contribution in [-0.4, -0.2) is 7.63 Å². The third-order valence-electron chi connectivity index (χ3n) is 1.87. The Morgan fingerprint density at radius 1 is 1.12 bits per heavy atom. The van der Waals surface area contributed by atoms with Gasteiger partial charge in [0.05, 0.1) is 0 Å². The summed E-state index contributed by atoms with van der Waals surface area (Å²) in [5.41, 5.74) is 2.78. The molecule has 0 aliphatic heterocycles. The van der Waals surface area contributed by atoms with Gasteiger partial charge in [0, 0.05) is 0 Å². The van der Waals surface area contributed by atoms with E-state index in [0.29, 0.717) is 0 Å². The van der Waals surface area contributed by atoms with E-state index in [9.17, 15) is 0 Å². The first-order valence-electron chi connectivity index (χ1n) is 4.51. The second kappa shape index (κ2) is 15.6. The van der Waals surface area contributed by atoms with Crippen LogP contribution in [0.25, 0.3) is 0 Å². The van der Waals surface area contributed by atoms with E-state index < -0.39 is 0 Å². The van der Waals surface area contributed by atoms with Crippen LogP contribution in [-0.2, 0) is 19.2 Å². The smallest absolute Gasteiger partial charge is 0.172 e. The number of aryl methyl sites for hydroxylation is 2. The molecular formula is C12H16Br2SiTi-2. The molecule has 0 saturated heterocycles. The van der Waals surface area contributed by atoms with Crippen LogP contribution in [0, 0.1) is 13.8 Å². The average Bonchev–Trinajstić information content (AvgIpc) is 2.86. The number of hydrogen-bond acceptors (Lipinski definition) is 0. The summed E-state index contributed by atoms with van der Waals surface area (Å²) in [5, 5.41) is 0. The van der Waals surface area contributed by atoms with Crippen molar-refractivity contribution in [1.82, 2.24) is 0 Å². The van der Waals surface area contributed by atoms with Crippen LogP contribution < -0.4 is 34.0 Å². The van der Waals surface area contributed by atoms with Gasteiger partial charge < -0.3 is 34.0 Å².